The highest BCUT2D eigenvalue weighted by Crippen LogP contribution is 2.36. The maximum Gasteiger partial charge on any atom is 0.417 e. The predicted octanol–water partition coefficient (Wildman–Crippen LogP) is 4.52. The summed E-state index contributed by atoms with van der Waals surface area (Å²) < 4.78 is 51.9. The molecule has 1 aromatic heterocycles. The van der Waals surface area contributed by atoms with Crippen molar-refractivity contribution >= 4 is 11.6 Å². The molecule has 20 heavy (non-hydrogen) atoms. The van der Waals surface area contributed by atoms with Crippen molar-refractivity contribution in [2.24, 2.45) is 0 Å². The highest BCUT2D eigenvalue weighted by Gasteiger charge is 2.35. The lowest BCUT2D eigenvalue weighted by Gasteiger charge is -2.12. The summed E-state index contributed by atoms with van der Waals surface area (Å²) in [6.45, 7) is 1.79. The van der Waals surface area contributed by atoms with Crippen molar-refractivity contribution in [1.29, 1.82) is 0 Å². The van der Waals surface area contributed by atoms with E-state index in [4.69, 9.17) is 11.6 Å². The van der Waals surface area contributed by atoms with Crippen LogP contribution in [0.3, 0.4) is 0 Å². The lowest BCUT2D eigenvalue weighted by molar-refractivity contribution is -0.137. The monoisotopic (exact) mass is 304 g/mol. The summed E-state index contributed by atoms with van der Waals surface area (Å²) in [5, 5.41) is 0.0456. The Kier molecular flexibility index (Phi) is 3.94. The number of halogens is 5. The molecule has 7 heteroatoms. The SMILES string of the molecule is CCc1cc(Cl)nc(-c2ccc(F)cc2C(F)(F)F)n1. The minimum absolute atomic E-state index is 0.0456. The Morgan fingerprint density at radius 3 is 2.45 bits per heavy atom. The third kappa shape index (κ3) is 3.07. The van der Waals surface area contributed by atoms with Crippen molar-refractivity contribution in [3.05, 3.63) is 46.5 Å². The first-order valence-corrected chi connectivity index (χ1v) is 6.09. The van der Waals surface area contributed by atoms with Gasteiger partial charge in [-0.2, -0.15) is 13.2 Å². The summed E-state index contributed by atoms with van der Waals surface area (Å²) in [6.07, 6.45) is -4.20. The van der Waals surface area contributed by atoms with Crippen molar-refractivity contribution in [1.82, 2.24) is 9.97 Å². The summed E-state index contributed by atoms with van der Waals surface area (Å²) in [7, 11) is 0. The number of aryl methyl sites for hydroxylation is 1. The number of alkyl halides is 3. The molecule has 1 heterocycles. The zero-order valence-corrected chi connectivity index (χ0v) is 11.1. The van der Waals surface area contributed by atoms with Crippen LogP contribution in [-0.2, 0) is 12.6 Å². The molecule has 0 spiro atoms. The Bertz CT molecular complexity index is 641. The zero-order valence-electron chi connectivity index (χ0n) is 10.3. The van der Waals surface area contributed by atoms with Gasteiger partial charge < -0.3 is 0 Å². The normalized spacial score (nSPS) is 11.7. The molecule has 0 saturated heterocycles. The second-order valence-electron chi connectivity index (χ2n) is 4.05. The van der Waals surface area contributed by atoms with Gasteiger partial charge in [0.2, 0.25) is 0 Å². The van der Waals surface area contributed by atoms with Crippen LogP contribution in [0.1, 0.15) is 18.2 Å². The van der Waals surface area contributed by atoms with Crippen LogP contribution < -0.4 is 0 Å². The second kappa shape index (κ2) is 5.36. The Morgan fingerprint density at radius 1 is 1.15 bits per heavy atom. The Labute approximate surface area is 117 Å². The van der Waals surface area contributed by atoms with Crippen LogP contribution in [0.15, 0.2) is 24.3 Å². The van der Waals surface area contributed by atoms with Crippen LogP contribution in [0.25, 0.3) is 11.4 Å². The fourth-order valence-electron chi connectivity index (χ4n) is 1.71. The number of nitrogens with zero attached hydrogens (tertiary/aromatic N) is 2. The van der Waals surface area contributed by atoms with Gasteiger partial charge in [0.05, 0.1) is 5.56 Å². The van der Waals surface area contributed by atoms with Crippen LogP contribution in [0, 0.1) is 5.82 Å². The van der Waals surface area contributed by atoms with Gasteiger partial charge in [-0.25, -0.2) is 14.4 Å². The van der Waals surface area contributed by atoms with E-state index in [0.29, 0.717) is 18.2 Å². The summed E-state index contributed by atoms with van der Waals surface area (Å²) in [6, 6.07) is 3.83. The molecule has 2 aromatic rings. The van der Waals surface area contributed by atoms with Crippen LogP contribution in [-0.4, -0.2) is 9.97 Å². The average molecular weight is 305 g/mol. The smallest absolute Gasteiger partial charge is 0.233 e. The molecule has 0 atom stereocenters. The van der Waals surface area contributed by atoms with Gasteiger partial charge in [-0.1, -0.05) is 18.5 Å². The van der Waals surface area contributed by atoms with Gasteiger partial charge in [-0.3, -0.25) is 0 Å². The maximum atomic E-state index is 13.1. The van der Waals surface area contributed by atoms with Crippen molar-refractivity contribution in [3.63, 3.8) is 0 Å². The standard InChI is InChI=1S/C13H9ClF4N2/c1-2-8-6-11(14)20-12(19-8)9-4-3-7(15)5-10(9)13(16,17)18/h3-6H,2H2,1H3. The van der Waals surface area contributed by atoms with E-state index in [1.807, 2.05) is 0 Å². The molecule has 106 valence electrons. The second-order valence-corrected chi connectivity index (χ2v) is 4.43. The molecule has 2 nitrogen and oxygen atoms in total. The van der Waals surface area contributed by atoms with Gasteiger partial charge in [-0.05, 0) is 30.7 Å². The molecular formula is C13H9ClF4N2. The number of aromatic nitrogens is 2. The van der Waals surface area contributed by atoms with Crippen LogP contribution in [0.5, 0.6) is 0 Å². The van der Waals surface area contributed by atoms with Crippen LogP contribution in [0.4, 0.5) is 17.6 Å². The average Bonchev–Trinajstić information content (AvgIpc) is 2.36. The fourth-order valence-corrected chi connectivity index (χ4v) is 1.92. The Hall–Kier alpha value is -1.69. The van der Waals surface area contributed by atoms with E-state index in [0.717, 1.165) is 12.1 Å². The first-order valence-electron chi connectivity index (χ1n) is 5.72. The van der Waals surface area contributed by atoms with E-state index < -0.39 is 17.6 Å². The van der Waals surface area contributed by atoms with E-state index in [1.165, 1.54) is 6.07 Å². The lowest BCUT2D eigenvalue weighted by Crippen LogP contribution is -2.09. The Balaban J connectivity index is 2.66. The first kappa shape index (κ1) is 14.7. The molecule has 0 saturated carbocycles. The summed E-state index contributed by atoms with van der Waals surface area (Å²) in [5.74, 6) is -1.14. The third-order valence-corrected chi connectivity index (χ3v) is 2.83. The number of rotatable bonds is 2. The highest BCUT2D eigenvalue weighted by atomic mass is 35.5. The van der Waals surface area contributed by atoms with Gasteiger partial charge in [0.25, 0.3) is 0 Å². The van der Waals surface area contributed by atoms with Gasteiger partial charge >= 0.3 is 6.18 Å². The van der Waals surface area contributed by atoms with Gasteiger partial charge in [0.15, 0.2) is 5.82 Å². The van der Waals surface area contributed by atoms with E-state index in [9.17, 15) is 17.6 Å². The maximum absolute atomic E-state index is 13.1. The third-order valence-electron chi connectivity index (χ3n) is 2.64. The molecule has 0 amide bonds. The molecular weight excluding hydrogens is 296 g/mol. The van der Waals surface area contributed by atoms with E-state index in [1.54, 1.807) is 6.92 Å². The fraction of sp³-hybridized carbons (Fsp3) is 0.231. The number of hydrogen-bond donors (Lipinski definition) is 0. The molecule has 0 aliphatic carbocycles. The molecule has 1 aromatic carbocycles. The van der Waals surface area contributed by atoms with Crippen LogP contribution >= 0.6 is 11.6 Å². The summed E-state index contributed by atoms with van der Waals surface area (Å²) in [5.41, 5.74) is -0.907. The molecule has 0 aliphatic heterocycles. The first-order chi connectivity index (χ1) is 9.31. The number of benzene rings is 1. The van der Waals surface area contributed by atoms with Gasteiger partial charge in [-0.15, -0.1) is 0 Å². The van der Waals surface area contributed by atoms with Gasteiger partial charge in [0, 0.05) is 11.3 Å². The van der Waals surface area contributed by atoms with Crippen molar-refractivity contribution in [2.45, 2.75) is 19.5 Å². The topological polar surface area (TPSA) is 25.8 Å². The molecule has 0 radical (unpaired) electrons. The largest absolute Gasteiger partial charge is 0.417 e. The van der Waals surface area contributed by atoms with Gasteiger partial charge in [0.1, 0.15) is 11.0 Å². The number of hydrogen-bond acceptors (Lipinski definition) is 2. The zero-order chi connectivity index (χ0) is 14.9. The Morgan fingerprint density at radius 2 is 1.85 bits per heavy atom. The summed E-state index contributed by atoms with van der Waals surface area (Å²) >= 11 is 5.77. The predicted molar refractivity (Wildman–Crippen MR) is 66.8 cm³/mol. The minimum Gasteiger partial charge on any atom is -0.233 e. The molecule has 2 rings (SSSR count). The highest BCUT2D eigenvalue weighted by molar-refractivity contribution is 6.29. The van der Waals surface area contributed by atoms with Crippen molar-refractivity contribution < 1.29 is 17.6 Å². The molecule has 0 fully saturated rings. The van der Waals surface area contributed by atoms with Crippen LogP contribution in [0.2, 0.25) is 5.15 Å². The van der Waals surface area contributed by atoms with Crippen molar-refractivity contribution in [3.8, 4) is 11.4 Å². The molecule has 0 bridgehead atoms. The van der Waals surface area contributed by atoms with E-state index >= 15 is 0 Å². The molecule has 0 N–H and O–H groups in total. The quantitative estimate of drug-likeness (QED) is 0.602. The lowest BCUT2D eigenvalue weighted by atomic mass is 10.1. The minimum atomic E-state index is -4.70. The molecule has 0 unspecified atom stereocenters. The van der Waals surface area contributed by atoms with E-state index in [2.05, 4.69) is 9.97 Å². The summed E-state index contributed by atoms with van der Waals surface area (Å²) in [4.78, 5) is 7.80. The van der Waals surface area contributed by atoms with E-state index in [-0.39, 0.29) is 16.5 Å². The molecule has 0 aliphatic rings. The van der Waals surface area contributed by atoms with Crippen molar-refractivity contribution in [2.75, 3.05) is 0 Å².